The molecule has 2 unspecified atom stereocenters. The summed E-state index contributed by atoms with van der Waals surface area (Å²) >= 11 is 0. The van der Waals surface area contributed by atoms with E-state index in [9.17, 15) is 0 Å². The van der Waals surface area contributed by atoms with E-state index >= 15 is 0 Å². The summed E-state index contributed by atoms with van der Waals surface area (Å²) in [5.41, 5.74) is 2.62. The molecule has 1 aliphatic rings. The molecule has 0 aliphatic carbocycles. The van der Waals surface area contributed by atoms with Crippen LogP contribution >= 0.6 is 0 Å². The SMILES string of the molecule is CCOc1cccc2c1C(CC)C(C)N2. The van der Waals surface area contributed by atoms with Crippen molar-refractivity contribution >= 4 is 5.69 Å². The average Bonchev–Trinajstić information content (AvgIpc) is 2.55. The second-order valence-electron chi connectivity index (χ2n) is 4.10. The highest BCUT2D eigenvalue weighted by molar-refractivity contribution is 5.64. The van der Waals surface area contributed by atoms with Gasteiger partial charge in [0.15, 0.2) is 0 Å². The van der Waals surface area contributed by atoms with E-state index in [2.05, 4.69) is 37.4 Å². The summed E-state index contributed by atoms with van der Waals surface area (Å²) in [5.74, 6) is 1.64. The molecule has 0 radical (unpaired) electrons. The van der Waals surface area contributed by atoms with Gasteiger partial charge in [-0.05, 0) is 32.4 Å². The fraction of sp³-hybridized carbons (Fsp3) is 0.538. The van der Waals surface area contributed by atoms with Crippen LogP contribution in [-0.2, 0) is 0 Å². The Hall–Kier alpha value is -1.18. The molecule has 2 rings (SSSR count). The Labute approximate surface area is 91.6 Å². The molecule has 0 saturated heterocycles. The highest BCUT2D eigenvalue weighted by Crippen LogP contribution is 2.43. The lowest BCUT2D eigenvalue weighted by atomic mass is 9.93. The maximum atomic E-state index is 5.69. The van der Waals surface area contributed by atoms with Gasteiger partial charge in [-0.1, -0.05) is 13.0 Å². The summed E-state index contributed by atoms with van der Waals surface area (Å²) in [6, 6.07) is 6.79. The molecule has 15 heavy (non-hydrogen) atoms. The number of rotatable bonds is 3. The lowest BCUT2D eigenvalue weighted by molar-refractivity contribution is 0.334. The lowest BCUT2D eigenvalue weighted by Gasteiger charge is -2.15. The van der Waals surface area contributed by atoms with Crippen molar-refractivity contribution in [2.75, 3.05) is 11.9 Å². The van der Waals surface area contributed by atoms with E-state index in [0.717, 1.165) is 18.8 Å². The van der Waals surface area contributed by atoms with Crippen LogP contribution in [0.25, 0.3) is 0 Å². The van der Waals surface area contributed by atoms with Crippen LogP contribution in [0.3, 0.4) is 0 Å². The summed E-state index contributed by atoms with van der Waals surface area (Å²) in [6.07, 6.45) is 1.16. The van der Waals surface area contributed by atoms with Gasteiger partial charge in [0.25, 0.3) is 0 Å². The molecule has 1 aromatic carbocycles. The number of nitrogens with one attached hydrogen (secondary N) is 1. The van der Waals surface area contributed by atoms with Crippen molar-refractivity contribution in [3.05, 3.63) is 23.8 Å². The fourth-order valence-electron chi connectivity index (χ4n) is 2.49. The smallest absolute Gasteiger partial charge is 0.124 e. The standard InChI is InChI=1S/C13H19NO/c1-4-10-9(3)14-11-7-6-8-12(13(10)11)15-5-2/h6-10,14H,4-5H2,1-3H3. The molecule has 2 heteroatoms. The maximum Gasteiger partial charge on any atom is 0.124 e. The van der Waals surface area contributed by atoms with Crippen LogP contribution in [0.1, 0.15) is 38.7 Å². The Bertz CT molecular complexity index is 348. The zero-order valence-electron chi connectivity index (χ0n) is 9.71. The summed E-state index contributed by atoms with van der Waals surface area (Å²) in [6.45, 7) is 7.25. The first kappa shape index (κ1) is 10.3. The van der Waals surface area contributed by atoms with Gasteiger partial charge in [-0.2, -0.15) is 0 Å². The molecule has 82 valence electrons. The second kappa shape index (κ2) is 4.13. The van der Waals surface area contributed by atoms with Crippen molar-refractivity contribution in [1.29, 1.82) is 0 Å². The van der Waals surface area contributed by atoms with Crippen molar-refractivity contribution < 1.29 is 4.74 Å². The summed E-state index contributed by atoms with van der Waals surface area (Å²) in [4.78, 5) is 0. The third kappa shape index (κ3) is 1.69. The molecule has 1 heterocycles. The molecule has 0 spiro atoms. The van der Waals surface area contributed by atoms with E-state index in [-0.39, 0.29) is 0 Å². The minimum atomic E-state index is 0.520. The molecule has 0 aromatic heterocycles. The van der Waals surface area contributed by atoms with Crippen molar-refractivity contribution in [1.82, 2.24) is 0 Å². The van der Waals surface area contributed by atoms with Gasteiger partial charge in [0, 0.05) is 23.2 Å². The van der Waals surface area contributed by atoms with Crippen molar-refractivity contribution in [3.63, 3.8) is 0 Å². The quantitative estimate of drug-likeness (QED) is 0.816. The van der Waals surface area contributed by atoms with Gasteiger partial charge in [0.05, 0.1) is 6.61 Å². The number of hydrogen-bond donors (Lipinski definition) is 1. The normalized spacial score (nSPS) is 23.4. The summed E-state index contributed by atoms with van der Waals surface area (Å²) in [5, 5.41) is 3.52. The number of ether oxygens (including phenoxy) is 1. The molecule has 1 N–H and O–H groups in total. The number of benzene rings is 1. The van der Waals surface area contributed by atoms with E-state index in [1.54, 1.807) is 0 Å². The van der Waals surface area contributed by atoms with Crippen molar-refractivity contribution in [3.8, 4) is 5.75 Å². The number of fused-ring (bicyclic) bond motifs is 1. The largest absolute Gasteiger partial charge is 0.494 e. The van der Waals surface area contributed by atoms with Gasteiger partial charge in [-0.25, -0.2) is 0 Å². The van der Waals surface area contributed by atoms with E-state index in [0.29, 0.717) is 12.0 Å². The third-order valence-electron chi connectivity index (χ3n) is 3.16. The third-order valence-corrected chi connectivity index (χ3v) is 3.16. The first-order valence-corrected chi connectivity index (χ1v) is 5.80. The topological polar surface area (TPSA) is 21.3 Å². The highest BCUT2D eigenvalue weighted by Gasteiger charge is 2.30. The first-order valence-electron chi connectivity index (χ1n) is 5.80. The number of hydrogen-bond acceptors (Lipinski definition) is 2. The van der Waals surface area contributed by atoms with Crippen LogP contribution in [0, 0.1) is 0 Å². The predicted octanol–water partition coefficient (Wildman–Crippen LogP) is 3.39. The van der Waals surface area contributed by atoms with E-state index < -0.39 is 0 Å². The molecule has 0 saturated carbocycles. The molecule has 1 aliphatic heterocycles. The minimum Gasteiger partial charge on any atom is -0.494 e. The van der Waals surface area contributed by atoms with E-state index in [1.165, 1.54) is 11.3 Å². The minimum absolute atomic E-state index is 0.520. The molecular formula is C13H19NO. The Morgan fingerprint density at radius 1 is 1.33 bits per heavy atom. The van der Waals surface area contributed by atoms with Gasteiger partial charge in [0.1, 0.15) is 5.75 Å². The van der Waals surface area contributed by atoms with Crippen LogP contribution in [0.4, 0.5) is 5.69 Å². The van der Waals surface area contributed by atoms with Crippen LogP contribution < -0.4 is 10.1 Å². The molecular weight excluding hydrogens is 186 g/mol. The molecule has 0 fully saturated rings. The fourth-order valence-corrected chi connectivity index (χ4v) is 2.49. The highest BCUT2D eigenvalue weighted by atomic mass is 16.5. The Kier molecular flexibility index (Phi) is 2.85. The molecule has 1 aromatic rings. The summed E-state index contributed by atoms with van der Waals surface area (Å²) < 4.78 is 5.69. The van der Waals surface area contributed by atoms with Gasteiger partial charge in [-0.15, -0.1) is 0 Å². The number of anilines is 1. The van der Waals surface area contributed by atoms with Gasteiger partial charge >= 0.3 is 0 Å². The van der Waals surface area contributed by atoms with Crippen molar-refractivity contribution in [2.24, 2.45) is 0 Å². The summed E-state index contributed by atoms with van der Waals surface area (Å²) in [7, 11) is 0. The maximum absolute atomic E-state index is 5.69. The zero-order valence-corrected chi connectivity index (χ0v) is 9.71. The Balaban J connectivity index is 2.41. The van der Waals surface area contributed by atoms with Crippen LogP contribution in [0.15, 0.2) is 18.2 Å². The Morgan fingerprint density at radius 2 is 2.13 bits per heavy atom. The van der Waals surface area contributed by atoms with Gasteiger partial charge in [0.2, 0.25) is 0 Å². The van der Waals surface area contributed by atoms with Crippen LogP contribution in [-0.4, -0.2) is 12.6 Å². The van der Waals surface area contributed by atoms with Crippen LogP contribution in [0.5, 0.6) is 5.75 Å². The monoisotopic (exact) mass is 205 g/mol. The predicted molar refractivity (Wildman–Crippen MR) is 63.7 cm³/mol. The van der Waals surface area contributed by atoms with E-state index in [1.807, 2.05) is 6.92 Å². The van der Waals surface area contributed by atoms with Gasteiger partial charge in [-0.3, -0.25) is 0 Å². The molecule has 0 bridgehead atoms. The second-order valence-corrected chi connectivity index (χ2v) is 4.10. The van der Waals surface area contributed by atoms with E-state index in [4.69, 9.17) is 4.74 Å². The molecule has 2 atom stereocenters. The average molecular weight is 205 g/mol. The first-order chi connectivity index (χ1) is 7.27. The van der Waals surface area contributed by atoms with Crippen molar-refractivity contribution in [2.45, 2.75) is 39.2 Å². The lowest BCUT2D eigenvalue weighted by Crippen LogP contribution is -2.15. The zero-order chi connectivity index (χ0) is 10.8. The molecule has 2 nitrogen and oxygen atoms in total. The van der Waals surface area contributed by atoms with Gasteiger partial charge < -0.3 is 10.1 Å². The molecule has 0 amide bonds. The van der Waals surface area contributed by atoms with Crippen LogP contribution in [0.2, 0.25) is 0 Å². The Morgan fingerprint density at radius 3 is 2.80 bits per heavy atom.